The summed E-state index contributed by atoms with van der Waals surface area (Å²) in [6.07, 6.45) is 6.63. The van der Waals surface area contributed by atoms with Gasteiger partial charge in [-0.1, -0.05) is 11.6 Å². The van der Waals surface area contributed by atoms with Crippen LogP contribution in [0.15, 0.2) is 16.7 Å². The third-order valence-electron chi connectivity index (χ3n) is 7.80. The average Bonchev–Trinajstić information content (AvgIpc) is 3.30. The third kappa shape index (κ3) is 6.49. The fraction of sp³-hybridized carbons (Fsp3) is 0.679. The van der Waals surface area contributed by atoms with Crippen molar-refractivity contribution in [3.05, 3.63) is 27.3 Å². The molecule has 1 unspecified atom stereocenters. The molecule has 1 N–H and O–H groups in total. The highest BCUT2D eigenvalue weighted by Crippen LogP contribution is 2.55. The summed E-state index contributed by atoms with van der Waals surface area (Å²) in [5.41, 5.74) is 1.52. The van der Waals surface area contributed by atoms with Gasteiger partial charge in [0.1, 0.15) is 5.60 Å². The van der Waals surface area contributed by atoms with Crippen LogP contribution in [-0.2, 0) is 14.2 Å². The molecule has 214 valence electrons. The van der Waals surface area contributed by atoms with Gasteiger partial charge >= 0.3 is 12.2 Å². The summed E-state index contributed by atoms with van der Waals surface area (Å²) in [4.78, 5) is 26.5. The maximum absolute atomic E-state index is 12.4. The van der Waals surface area contributed by atoms with E-state index in [9.17, 15) is 9.59 Å². The Morgan fingerprint density at radius 2 is 2.08 bits per heavy atom. The topological polar surface area (TPSA) is 94.9 Å². The molecule has 2 amide bonds. The van der Waals surface area contributed by atoms with Gasteiger partial charge in [-0.25, -0.2) is 14.3 Å². The molecule has 0 bridgehead atoms. The van der Waals surface area contributed by atoms with Gasteiger partial charge in [0, 0.05) is 34.1 Å². The Kier molecular flexibility index (Phi) is 8.36. The van der Waals surface area contributed by atoms with Crippen LogP contribution in [0.5, 0.6) is 0 Å². The Balaban J connectivity index is 1.11. The Hall–Kier alpha value is -2.04. The smallest absolute Gasteiger partial charge is 0.410 e. The van der Waals surface area contributed by atoms with Gasteiger partial charge in [0.25, 0.3) is 0 Å². The fourth-order valence-electron chi connectivity index (χ4n) is 5.76. The molecule has 0 radical (unpaired) electrons. The largest absolute Gasteiger partial charge is 0.450 e. The van der Waals surface area contributed by atoms with Crippen LogP contribution < -0.4 is 5.32 Å². The number of aromatic nitrogens is 2. The number of hydrogen-bond donors (Lipinski definition) is 1. The standard InChI is InChI=1S/C28H38BrClN4O5/c1-16-11-18(15-33(16)27(36)39-28(2,3)4)32-26(35)38-10-8-17-12-19(17)24-21(30)13-22-20(25(24)29)14-31-34(22)23-7-5-6-9-37-23/h13-14,16-19,23H,5-12,15H2,1-4H3,(H,32,35)/t16-,17-,18-,19+,23?/m1/s1. The van der Waals surface area contributed by atoms with Crippen molar-refractivity contribution in [3.63, 3.8) is 0 Å². The summed E-state index contributed by atoms with van der Waals surface area (Å²) in [6.45, 7) is 8.99. The van der Waals surface area contributed by atoms with E-state index in [1.165, 1.54) is 0 Å². The number of alkyl carbamates (subject to hydrolysis) is 1. The molecule has 2 saturated heterocycles. The summed E-state index contributed by atoms with van der Waals surface area (Å²) in [6, 6.07) is 1.83. The number of hydrogen-bond acceptors (Lipinski definition) is 6. The molecule has 9 nitrogen and oxygen atoms in total. The zero-order valence-corrected chi connectivity index (χ0v) is 25.4. The van der Waals surface area contributed by atoms with Crippen molar-refractivity contribution >= 4 is 50.6 Å². The summed E-state index contributed by atoms with van der Waals surface area (Å²) in [7, 11) is 0. The van der Waals surface area contributed by atoms with Crippen molar-refractivity contribution < 1.29 is 23.8 Å². The van der Waals surface area contributed by atoms with Crippen LogP contribution in [0.25, 0.3) is 10.9 Å². The number of nitrogens with zero attached hydrogens (tertiary/aromatic N) is 3. The number of rotatable bonds is 6. The molecule has 1 aromatic heterocycles. The lowest BCUT2D eigenvalue weighted by molar-refractivity contribution is -0.0366. The molecule has 39 heavy (non-hydrogen) atoms. The molecule has 1 saturated carbocycles. The van der Waals surface area contributed by atoms with Crippen molar-refractivity contribution in [2.24, 2.45) is 5.92 Å². The minimum absolute atomic E-state index is 0.0137. The molecule has 11 heteroatoms. The number of carbonyl (C=O) groups excluding carboxylic acids is 2. The van der Waals surface area contributed by atoms with Crippen molar-refractivity contribution in [1.82, 2.24) is 20.0 Å². The number of amides is 2. The Morgan fingerprint density at radius 1 is 1.28 bits per heavy atom. The van der Waals surface area contributed by atoms with E-state index < -0.39 is 11.7 Å². The second kappa shape index (κ2) is 11.4. The number of nitrogens with one attached hydrogen (secondary N) is 1. The second-order valence-electron chi connectivity index (χ2n) is 12.0. The van der Waals surface area contributed by atoms with E-state index in [-0.39, 0.29) is 24.4 Å². The molecule has 5 atom stereocenters. The van der Waals surface area contributed by atoms with E-state index >= 15 is 0 Å². The molecule has 1 aromatic carbocycles. The van der Waals surface area contributed by atoms with Crippen molar-refractivity contribution in [2.75, 3.05) is 19.8 Å². The predicted molar refractivity (Wildman–Crippen MR) is 152 cm³/mol. The van der Waals surface area contributed by atoms with Crippen LogP contribution in [0.2, 0.25) is 5.02 Å². The van der Waals surface area contributed by atoms with Gasteiger partial charge in [0.05, 0.1) is 24.4 Å². The first kappa shape index (κ1) is 28.5. The average molecular weight is 626 g/mol. The first-order chi connectivity index (χ1) is 18.5. The van der Waals surface area contributed by atoms with Crippen LogP contribution in [0, 0.1) is 5.92 Å². The Bertz CT molecular complexity index is 1220. The van der Waals surface area contributed by atoms with Gasteiger partial charge in [0.2, 0.25) is 0 Å². The minimum Gasteiger partial charge on any atom is -0.450 e. The summed E-state index contributed by atoms with van der Waals surface area (Å²) in [5, 5.41) is 9.28. The van der Waals surface area contributed by atoms with Crippen molar-refractivity contribution in [1.29, 1.82) is 0 Å². The highest BCUT2D eigenvalue weighted by atomic mass is 79.9. The summed E-state index contributed by atoms with van der Waals surface area (Å²) < 4.78 is 19.8. The van der Waals surface area contributed by atoms with E-state index in [2.05, 4.69) is 26.3 Å². The van der Waals surface area contributed by atoms with Gasteiger partial charge in [-0.05, 0) is 106 Å². The molecule has 0 spiro atoms. The Labute approximate surface area is 243 Å². The van der Waals surface area contributed by atoms with Crippen LogP contribution >= 0.6 is 27.5 Å². The number of likely N-dealkylation sites (tertiary alicyclic amines) is 1. The number of benzene rings is 1. The first-order valence-electron chi connectivity index (χ1n) is 13.9. The maximum atomic E-state index is 12.4. The van der Waals surface area contributed by atoms with Gasteiger partial charge in [-0.2, -0.15) is 5.10 Å². The van der Waals surface area contributed by atoms with E-state index in [4.69, 9.17) is 25.8 Å². The molecular formula is C28H38BrClN4O5. The quantitative estimate of drug-likeness (QED) is 0.381. The SMILES string of the molecule is C[C@@H]1C[C@@H](NC(=O)OCC[C@@H]2C[C@@H]2c2c(Cl)cc3c(cnn3C3CCCCO3)c2Br)CN1C(=O)OC(C)(C)C. The van der Waals surface area contributed by atoms with Gasteiger partial charge in [-0.3, -0.25) is 0 Å². The molecule has 2 aromatic rings. The zero-order chi connectivity index (χ0) is 27.9. The fourth-order valence-corrected chi connectivity index (χ4v) is 7.03. The maximum Gasteiger partial charge on any atom is 0.410 e. The first-order valence-corrected chi connectivity index (χ1v) is 15.1. The molecular weight excluding hydrogens is 588 g/mol. The molecule has 2 aliphatic heterocycles. The number of fused-ring (bicyclic) bond motifs is 1. The monoisotopic (exact) mass is 624 g/mol. The lowest BCUT2D eigenvalue weighted by atomic mass is 10.1. The minimum atomic E-state index is -0.556. The molecule has 1 aliphatic carbocycles. The molecule has 3 fully saturated rings. The van der Waals surface area contributed by atoms with Gasteiger partial charge < -0.3 is 24.4 Å². The van der Waals surface area contributed by atoms with Crippen LogP contribution in [0.1, 0.15) is 83.9 Å². The third-order valence-corrected chi connectivity index (χ3v) is 8.96. The highest BCUT2D eigenvalue weighted by molar-refractivity contribution is 9.10. The Morgan fingerprint density at radius 3 is 2.79 bits per heavy atom. The van der Waals surface area contributed by atoms with E-state index in [1.54, 1.807) is 4.90 Å². The summed E-state index contributed by atoms with van der Waals surface area (Å²) >= 11 is 10.6. The normalized spacial score (nSPS) is 27.0. The van der Waals surface area contributed by atoms with Gasteiger partial charge in [-0.15, -0.1) is 0 Å². The van der Waals surface area contributed by atoms with Crippen LogP contribution in [0.3, 0.4) is 0 Å². The number of carbonyl (C=O) groups is 2. The van der Waals surface area contributed by atoms with Gasteiger partial charge in [0.15, 0.2) is 6.23 Å². The number of ether oxygens (including phenoxy) is 3. The molecule has 3 heterocycles. The molecule has 5 rings (SSSR count). The van der Waals surface area contributed by atoms with Crippen LogP contribution in [-0.4, -0.2) is 64.3 Å². The van der Waals surface area contributed by atoms with Crippen molar-refractivity contribution in [2.45, 2.75) is 96.1 Å². The van der Waals surface area contributed by atoms with E-state index in [0.717, 1.165) is 64.7 Å². The predicted octanol–water partition coefficient (Wildman–Crippen LogP) is 6.77. The van der Waals surface area contributed by atoms with E-state index in [1.807, 2.05) is 44.6 Å². The van der Waals surface area contributed by atoms with E-state index in [0.29, 0.717) is 31.4 Å². The second-order valence-corrected chi connectivity index (χ2v) is 13.2. The summed E-state index contributed by atoms with van der Waals surface area (Å²) in [5.74, 6) is 0.713. The lowest BCUT2D eigenvalue weighted by Gasteiger charge is -2.26. The van der Waals surface area contributed by atoms with Crippen LogP contribution in [0.4, 0.5) is 9.59 Å². The number of halogens is 2. The zero-order valence-electron chi connectivity index (χ0n) is 23.0. The van der Waals surface area contributed by atoms with Crippen molar-refractivity contribution in [3.8, 4) is 0 Å². The highest BCUT2D eigenvalue weighted by Gasteiger charge is 2.41. The lowest BCUT2D eigenvalue weighted by Crippen LogP contribution is -2.41. The molecule has 3 aliphatic rings.